The molecule has 0 unspecified atom stereocenters. The first-order chi connectivity index (χ1) is 13.1. The molecule has 2 aromatic rings. The second-order valence-corrected chi connectivity index (χ2v) is 7.63. The molecule has 0 saturated heterocycles. The zero-order valence-electron chi connectivity index (χ0n) is 15.6. The van der Waals surface area contributed by atoms with E-state index in [-0.39, 0.29) is 0 Å². The van der Waals surface area contributed by atoms with Crippen LogP contribution in [-0.4, -0.2) is 41.8 Å². The molecule has 1 atom stereocenters. The molecule has 27 heavy (non-hydrogen) atoms. The fourth-order valence-corrected chi connectivity index (χ4v) is 4.47. The molecule has 0 amide bonds. The molecule has 5 rings (SSSR count). The summed E-state index contributed by atoms with van der Waals surface area (Å²) < 4.78 is 13.6. The second kappa shape index (κ2) is 6.27. The van der Waals surface area contributed by atoms with Crippen molar-refractivity contribution in [3.8, 4) is 11.5 Å². The van der Waals surface area contributed by atoms with Crippen LogP contribution in [-0.2, 0) is 5.72 Å². The molecule has 0 aromatic heterocycles. The van der Waals surface area contributed by atoms with Gasteiger partial charge in [0.05, 0.1) is 6.54 Å². The Morgan fingerprint density at radius 1 is 1.04 bits per heavy atom. The summed E-state index contributed by atoms with van der Waals surface area (Å²) in [5.74, 6) is 2.69. The van der Waals surface area contributed by atoms with E-state index in [4.69, 9.17) is 9.47 Å². The number of anilines is 1. The van der Waals surface area contributed by atoms with Crippen LogP contribution in [0.25, 0.3) is 0 Å². The Labute approximate surface area is 159 Å². The molecule has 5 heteroatoms. The van der Waals surface area contributed by atoms with Gasteiger partial charge in [0.15, 0.2) is 18.0 Å². The Kier molecular flexibility index (Phi) is 3.86. The van der Waals surface area contributed by atoms with Crippen molar-refractivity contribution in [3.63, 3.8) is 0 Å². The van der Waals surface area contributed by atoms with Gasteiger partial charge in [-0.3, -0.25) is 0 Å². The van der Waals surface area contributed by atoms with Crippen LogP contribution in [0.5, 0.6) is 11.5 Å². The van der Waals surface area contributed by atoms with E-state index in [1.165, 1.54) is 11.4 Å². The van der Waals surface area contributed by atoms with Gasteiger partial charge in [-0.15, -0.1) is 0 Å². The highest BCUT2D eigenvalue weighted by Crippen LogP contribution is 2.39. The summed E-state index contributed by atoms with van der Waals surface area (Å²) in [4.78, 5) is 2.28. The zero-order valence-corrected chi connectivity index (χ0v) is 15.6. The minimum atomic E-state index is -1.06. The third-order valence-electron chi connectivity index (χ3n) is 5.80. The number of hydrogen-bond donors (Lipinski definition) is 1. The lowest BCUT2D eigenvalue weighted by Crippen LogP contribution is -2.41. The molecule has 3 aliphatic rings. The average molecular weight is 365 g/mol. The van der Waals surface area contributed by atoms with Crippen LogP contribution in [0, 0.1) is 6.92 Å². The van der Waals surface area contributed by atoms with Gasteiger partial charge in [-0.25, -0.2) is 9.48 Å². The van der Waals surface area contributed by atoms with E-state index in [2.05, 4.69) is 40.7 Å². The number of fused-ring (bicyclic) bond motifs is 1. The molecule has 3 aliphatic heterocycles. The third-order valence-corrected chi connectivity index (χ3v) is 5.80. The molecule has 0 bridgehead atoms. The molecule has 1 N–H and O–H groups in total. The lowest BCUT2D eigenvalue weighted by molar-refractivity contribution is -0.661. The van der Waals surface area contributed by atoms with Gasteiger partial charge >= 0.3 is 0 Å². The summed E-state index contributed by atoms with van der Waals surface area (Å²) in [6, 6.07) is 14.3. The van der Waals surface area contributed by atoms with Crippen molar-refractivity contribution < 1.29 is 19.2 Å². The van der Waals surface area contributed by atoms with Crippen LogP contribution in [0.15, 0.2) is 42.5 Å². The minimum absolute atomic E-state index is 0.519. The second-order valence-electron chi connectivity index (χ2n) is 7.63. The van der Waals surface area contributed by atoms with Gasteiger partial charge in [-0.05, 0) is 55.7 Å². The van der Waals surface area contributed by atoms with Gasteiger partial charge in [0.2, 0.25) is 0 Å². The van der Waals surface area contributed by atoms with Gasteiger partial charge < -0.3 is 14.6 Å². The first-order valence-electron chi connectivity index (χ1n) is 9.75. The SMILES string of the molecule is Cc1cccc(N2C[C@](O)(c3ccc4c(c3)OCCO4)[N+]3=C2CCCC3)c1. The lowest BCUT2D eigenvalue weighted by atomic mass is 10.0. The molecular weight excluding hydrogens is 340 g/mol. The van der Waals surface area contributed by atoms with Crippen LogP contribution in [0.3, 0.4) is 0 Å². The Hall–Kier alpha value is -2.53. The molecule has 0 radical (unpaired) electrons. The summed E-state index contributed by atoms with van der Waals surface area (Å²) >= 11 is 0. The first-order valence-corrected chi connectivity index (χ1v) is 9.75. The van der Waals surface area contributed by atoms with Crippen molar-refractivity contribution in [1.29, 1.82) is 0 Å². The zero-order chi connectivity index (χ0) is 18.4. The smallest absolute Gasteiger partial charge is 0.271 e. The first kappa shape index (κ1) is 16.6. The maximum absolute atomic E-state index is 11.8. The van der Waals surface area contributed by atoms with Gasteiger partial charge in [0, 0.05) is 12.0 Å². The van der Waals surface area contributed by atoms with Crippen molar-refractivity contribution in [2.45, 2.75) is 31.9 Å². The molecule has 3 heterocycles. The summed E-state index contributed by atoms with van der Waals surface area (Å²) in [6.07, 6.45) is 3.24. The van der Waals surface area contributed by atoms with Crippen molar-refractivity contribution in [3.05, 3.63) is 53.6 Å². The molecule has 2 aromatic carbocycles. The molecule has 140 valence electrons. The van der Waals surface area contributed by atoms with Gasteiger partial charge in [-0.1, -0.05) is 12.1 Å². The van der Waals surface area contributed by atoms with Crippen LogP contribution in [0.1, 0.15) is 30.4 Å². The fraction of sp³-hybridized carbons (Fsp3) is 0.409. The number of nitrogens with zero attached hydrogens (tertiary/aromatic N) is 2. The van der Waals surface area contributed by atoms with E-state index >= 15 is 0 Å². The quantitative estimate of drug-likeness (QED) is 0.831. The Balaban J connectivity index is 1.59. The standard InChI is InChI=1S/C22H25N2O3/c1-16-5-4-6-18(13-16)23-15-22(25,24-10-3-2-7-21(23)24)17-8-9-19-20(14-17)27-12-11-26-19/h4-6,8-9,13-14,25H,2-3,7,10-12,15H2,1H3/q+1/t22-/m0/s1. The molecule has 0 spiro atoms. The predicted molar refractivity (Wildman–Crippen MR) is 104 cm³/mol. The van der Waals surface area contributed by atoms with E-state index in [9.17, 15) is 5.11 Å². The van der Waals surface area contributed by atoms with Crippen molar-refractivity contribution in [2.75, 3.05) is 31.2 Å². The highest BCUT2D eigenvalue weighted by molar-refractivity contribution is 5.96. The number of benzene rings is 2. The highest BCUT2D eigenvalue weighted by Gasteiger charge is 2.52. The molecule has 5 nitrogen and oxygen atoms in total. The van der Waals surface area contributed by atoms with E-state index in [0.717, 1.165) is 48.6 Å². The Morgan fingerprint density at radius 3 is 2.74 bits per heavy atom. The largest absolute Gasteiger partial charge is 0.486 e. The summed E-state index contributed by atoms with van der Waals surface area (Å²) in [7, 11) is 0. The number of amidine groups is 1. The third kappa shape index (κ3) is 2.69. The molecule has 0 saturated carbocycles. The van der Waals surface area contributed by atoms with Gasteiger partial charge in [0.1, 0.15) is 18.9 Å². The molecule has 0 fully saturated rings. The maximum atomic E-state index is 11.8. The number of rotatable bonds is 2. The normalized spacial score (nSPS) is 24.1. The van der Waals surface area contributed by atoms with E-state index in [0.29, 0.717) is 19.8 Å². The number of aliphatic hydroxyl groups is 1. The van der Waals surface area contributed by atoms with Gasteiger partial charge in [-0.2, -0.15) is 0 Å². The average Bonchev–Trinajstić information content (AvgIpc) is 3.02. The van der Waals surface area contributed by atoms with Crippen molar-refractivity contribution in [1.82, 2.24) is 0 Å². The van der Waals surface area contributed by atoms with Crippen molar-refractivity contribution in [2.24, 2.45) is 0 Å². The van der Waals surface area contributed by atoms with Gasteiger partial charge in [0.25, 0.3) is 11.6 Å². The van der Waals surface area contributed by atoms with Crippen molar-refractivity contribution >= 4 is 11.5 Å². The van der Waals surface area contributed by atoms with Crippen LogP contribution < -0.4 is 14.4 Å². The summed E-state index contributed by atoms with van der Waals surface area (Å²) in [5.41, 5.74) is 2.17. The number of hydrogen-bond acceptors (Lipinski definition) is 4. The van der Waals surface area contributed by atoms with Crippen LogP contribution in [0.2, 0.25) is 0 Å². The minimum Gasteiger partial charge on any atom is -0.486 e. The summed E-state index contributed by atoms with van der Waals surface area (Å²) in [5, 5.41) is 11.8. The number of ether oxygens (including phenoxy) is 2. The van der Waals surface area contributed by atoms with E-state index < -0.39 is 5.72 Å². The van der Waals surface area contributed by atoms with E-state index in [1.807, 2.05) is 18.2 Å². The molecule has 0 aliphatic carbocycles. The monoisotopic (exact) mass is 365 g/mol. The number of aryl methyl sites for hydroxylation is 1. The Morgan fingerprint density at radius 2 is 1.89 bits per heavy atom. The predicted octanol–water partition coefficient (Wildman–Crippen LogP) is 3.03. The Bertz CT molecular complexity index is 924. The van der Waals surface area contributed by atoms with Crippen LogP contribution in [0.4, 0.5) is 5.69 Å². The maximum Gasteiger partial charge on any atom is 0.271 e. The lowest BCUT2D eigenvalue weighted by Gasteiger charge is -2.26. The van der Waals surface area contributed by atoms with E-state index in [1.54, 1.807) is 0 Å². The number of β-amino-alcohol motifs (C(OH)–C–C–N with tert-alkyl or cyclic N) is 1. The highest BCUT2D eigenvalue weighted by atomic mass is 16.6. The summed E-state index contributed by atoms with van der Waals surface area (Å²) in [6.45, 7) is 4.61. The fourth-order valence-electron chi connectivity index (χ4n) is 4.47. The van der Waals surface area contributed by atoms with Crippen LogP contribution >= 0.6 is 0 Å². The molecular formula is C22H25N2O3+. The topological polar surface area (TPSA) is 44.9 Å².